The number of carbonyl (C=O) groups is 1. The fourth-order valence-electron chi connectivity index (χ4n) is 4.20. The van der Waals surface area contributed by atoms with E-state index in [-0.39, 0.29) is 0 Å². The molecule has 0 aromatic heterocycles. The Morgan fingerprint density at radius 3 is 2.35 bits per heavy atom. The maximum absolute atomic E-state index is 11.9. The topological polar surface area (TPSA) is 70.7 Å². The van der Waals surface area contributed by atoms with Crippen LogP contribution in [0.4, 0.5) is 4.79 Å². The number of nitrogens with zero attached hydrogens (tertiary/aromatic N) is 2. The predicted molar refractivity (Wildman–Crippen MR) is 143 cm³/mol. The quantitative estimate of drug-likeness (QED) is 0.420. The maximum atomic E-state index is 11.9. The largest absolute Gasteiger partial charge is 0.351 e. The highest BCUT2D eigenvalue weighted by Crippen LogP contribution is 2.25. The van der Waals surface area contributed by atoms with Gasteiger partial charge < -0.3 is 11.1 Å². The van der Waals surface area contributed by atoms with Crippen molar-refractivity contribution < 1.29 is 4.79 Å². The third kappa shape index (κ3) is 7.33. The lowest BCUT2D eigenvalue weighted by Gasteiger charge is -2.34. The molecule has 5 heteroatoms. The number of rotatable bonds is 8. The van der Waals surface area contributed by atoms with E-state index in [0.29, 0.717) is 24.4 Å². The number of hydrogen-bond donors (Lipinski definition) is 2. The van der Waals surface area contributed by atoms with E-state index in [2.05, 4.69) is 79.0 Å². The van der Waals surface area contributed by atoms with Gasteiger partial charge >= 0.3 is 6.03 Å². The average Bonchev–Trinajstić information content (AvgIpc) is 2.84. The van der Waals surface area contributed by atoms with E-state index in [9.17, 15) is 4.79 Å². The highest BCUT2D eigenvalue weighted by Gasteiger charge is 2.28. The van der Waals surface area contributed by atoms with Crippen molar-refractivity contribution in [2.24, 2.45) is 10.7 Å². The fourth-order valence-corrected chi connectivity index (χ4v) is 4.20. The smallest absolute Gasteiger partial charge is 0.316 e. The van der Waals surface area contributed by atoms with Crippen molar-refractivity contribution in [1.82, 2.24) is 10.2 Å². The lowest BCUT2D eigenvalue weighted by Crippen LogP contribution is -2.45. The lowest BCUT2D eigenvalue weighted by atomic mass is 9.95. The molecule has 1 unspecified atom stereocenters. The van der Waals surface area contributed by atoms with E-state index >= 15 is 0 Å². The Hall–Kier alpha value is -3.36. The first kappa shape index (κ1) is 26.9. The van der Waals surface area contributed by atoms with Gasteiger partial charge in [0, 0.05) is 19.5 Å². The van der Waals surface area contributed by atoms with Gasteiger partial charge in [-0.15, -0.1) is 6.42 Å². The van der Waals surface area contributed by atoms with E-state index in [4.69, 9.17) is 12.2 Å². The van der Waals surface area contributed by atoms with Gasteiger partial charge in [0.05, 0.1) is 11.4 Å². The summed E-state index contributed by atoms with van der Waals surface area (Å²) in [6, 6.07) is 15.5. The van der Waals surface area contributed by atoms with Crippen LogP contribution in [0.5, 0.6) is 0 Å². The molecule has 180 valence electrons. The number of allylic oxidation sites excluding steroid dienone is 1. The van der Waals surface area contributed by atoms with Crippen molar-refractivity contribution in [3.8, 4) is 12.3 Å². The zero-order valence-corrected chi connectivity index (χ0v) is 20.8. The Morgan fingerprint density at radius 1 is 1.15 bits per heavy atom. The van der Waals surface area contributed by atoms with Gasteiger partial charge in [-0.05, 0) is 41.8 Å². The number of amides is 2. The Labute approximate surface area is 205 Å². The molecule has 34 heavy (non-hydrogen) atoms. The standard InChI is InChI=1S/C26H30N4O.C3H8/c1-4-10-19-11-6-8-13-21(19)17-23(28-3)25(29-26(27)31)24(5-2)30-16-15-20-12-7-9-14-22(20)18-30;1-3-2/h2,6-9,11-14,24H,3-4,10,15-18H2,1H3,(H3,27,29,31);3H2,1-2H3/b25-23+;. The van der Waals surface area contributed by atoms with Gasteiger partial charge in [0.1, 0.15) is 6.04 Å². The first-order valence-electron chi connectivity index (χ1n) is 12.1. The van der Waals surface area contributed by atoms with Crippen LogP contribution in [0.25, 0.3) is 0 Å². The number of terminal acetylenes is 1. The minimum Gasteiger partial charge on any atom is -0.351 e. The zero-order valence-electron chi connectivity index (χ0n) is 20.8. The summed E-state index contributed by atoms with van der Waals surface area (Å²) in [6.07, 6.45) is 10.7. The van der Waals surface area contributed by atoms with Crippen molar-refractivity contribution in [3.05, 3.63) is 82.2 Å². The number of hydrogen-bond acceptors (Lipinski definition) is 3. The Morgan fingerprint density at radius 2 is 1.76 bits per heavy atom. The molecule has 3 rings (SSSR count). The average molecular weight is 459 g/mol. The van der Waals surface area contributed by atoms with Crippen molar-refractivity contribution in [2.75, 3.05) is 6.54 Å². The molecule has 0 bridgehead atoms. The summed E-state index contributed by atoms with van der Waals surface area (Å²) < 4.78 is 0. The van der Waals surface area contributed by atoms with Crippen LogP contribution in [-0.4, -0.2) is 30.2 Å². The molecule has 2 amide bonds. The monoisotopic (exact) mass is 458 g/mol. The summed E-state index contributed by atoms with van der Waals surface area (Å²) in [5, 5.41) is 2.78. The van der Waals surface area contributed by atoms with Crippen LogP contribution in [-0.2, 0) is 25.8 Å². The molecule has 0 aliphatic carbocycles. The SMILES string of the molecule is C#CC(/C(NC(N)=O)=C(/Cc1ccccc1CCC)N=C)N1CCc2ccccc2C1.CCC. The second-order valence-electron chi connectivity index (χ2n) is 8.47. The van der Waals surface area contributed by atoms with Gasteiger partial charge in [-0.25, -0.2) is 4.79 Å². The third-order valence-electron chi connectivity index (χ3n) is 5.71. The van der Waals surface area contributed by atoms with Crippen LogP contribution in [0.15, 0.2) is 64.9 Å². The normalized spacial score (nSPS) is 14.4. The molecular formula is C29H38N4O. The van der Waals surface area contributed by atoms with Crippen molar-refractivity contribution >= 4 is 12.7 Å². The number of benzene rings is 2. The molecule has 1 atom stereocenters. The summed E-state index contributed by atoms with van der Waals surface area (Å²) >= 11 is 0. The molecular weight excluding hydrogens is 420 g/mol. The number of nitrogens with two attached hydrogens (primary N) is 1. The third-order valence-corrected chi connectivity index (χ3v) is 5.71. The lowest BCUT2D eigenvalue weighted by molar-refractivity contribution is 0.226. The van der Waals surface area contributed by atoms with Gasteiger partial charge in [-0.3, -0.25) is 9.89 Å². The van der Waals surface area contributed by atoms with Gasteiger partial charge in [-0.2, -0.15) is 0 Å². The maximum Gasteiger partial charge on any atom is 0.316 e. The molecule has 2 aromatic carbocycles. The first-order chi connectivity index (χ1) is 16.5. The van der Waals surface area contributed by atoms with Gasteiger partial charge in [0.15, 0.2) is 0 Å². The molecule has 0 saturated carbocycles. The Bertz CT molecular complexity index is 1030. The number of fused-ring (bicyclic) bond motifs is 1. The zero-order chi connectivity index (χ0) is 24.9. The Kier molecular flexibility index (Phi) is 11.1. The number of nitrogens with one attached hydrogen (secondary N) is 1. The minimum absolute atomic E-state index is 0.459. The second-order valence-corrected chi connectivity index (χ2v) is 8.47. The number of aliphatic imine (C=N–C) groups is 1. The van der Waals surface area contributed by atoms with E-state index in [1.807, 2.05) is 18.2 Å². The highest BCUT2D eigenvalue weighted by atomic mass is 16.2. The summed E-state index contributed by atoms with van der Waals surface area (Å²) in [4.78, 5) is 18.3. The number of urea groups is 1. The van der Waals surface area contributed by atoms with Crippen molar-refractivity contribution in [1.29, 1.82) is 0 Å². The summed E-state index contributed by atoms with van der Waals surface area (Å²) in [5.41, 5.74) is 11.7. The molecule has 5 nitrogen and oxygen atoms in total. The number of aryl methyl sites for hydroxylation is 1. The predicted octanol–water partition coefficient (Wildman–Crippen LogP) is 5.24. The van der Waals surface area contributed by atoms with Crippen LogP contribution < -0.4 is 11.1 Å². The molecule has 0 fully saturated rings. The van der Waals surface area contributed by atoms with Crippen molar-refractivity contribution in [2.45, 2.75) is 65.5 Å². The second kappa shape index (κ2) is 14.0. The van der Waals surface area contributed by atoms with Gasteiger partial charge in [-0.1, -0.05) is 88.1 Å². The molecule has 0 radical (unpaired) electrons. The van der Waals surface area contributed by atoms with Gasteiger partial charge in [0.2, 0.25) is 0 Å². The van der Waals surface area contributed by atoms with E-state index in [1.54, 1.807) is 0 Å². The first-order valence-corrected chi connectivity index (χ1v) is 12.1. The minimum atomic E-state index is -0.657. The van der Waals surface area contributed by atoms with Crippen LogP contribution in [0, 0.1) is 12.3 Å². The molecule has 0 saturated heterocycles. The number of primary amides is 1. The van der Waals surface area contributed by atoms with E-state index < -0.39 is 12.1 Å². The molecule has 1 heterocycles. The molecule has 3 N–H and O–H groups in total. The molecule has 0 spiro atoms. The summed E-state index contributed by atoms with van der Waals surface area (Å²) in [5.74, 6) is 2.86. The van der Waals surface area contributed by atoms with Crippen molar-refractivity contribution in [3.63, 3.8) is 0 Å². The van der Waals surface area contributed by atoms with Crippen LogP contribution in [0.3, 0.4) is 0 Å². The Balaban J connectivity index is 0.00000129. The van der Waals surface area contributed by atoms with E-state index in [1.165, 1.54) is 23.1 Å². The number of carbonyl (C=O) groups excluding carboxylic acids is 1. The fraction of sp³-hybridized carbons (Fsp3) is 0.379. The molecule has 1 aliphatic rings. The summed E-state index contributed by atoms with van der Waals surface area (Å²) in [6.45, 7) is 11.7. The molecule has 2 aromatic rings. The van der Waals surface area contributed by atoms with E-state index in [0.717, 1.165) is 31.4 Å². The van der Waals surface area contributed by atoms with Crippen LogP contribution >= 0.6 is 0 Å². The molecule has 1 aliphatic heterocycles. The van der Waals surface area contributed by atoms with Gasteiger partial charge in [0.25, 0.3) is 0 Å². The summed E-state index contributed by atoms with van der Waals surface area (Å²) in [7, 11) is 0. The van der Waals surface area contributed by atoms with Crippen LogP contribution in [0.2, 0.25) is 0 Å². The highest BCUT2D eigenvalue weighted by molar-refractivity contribution is 5.74. The van der Waals surface area contributed by atoms with Crippen LogP contribution in [0.1, 0.15) is 55.9 Å².